The number of amides is 1. The van der Waals surface area contributed by atoms with Gasteiger partial charge in [-0.1, -0.05) is 13.8 Å². The zero-order valence-corrected chi connectivity index (χ0v) is 11.6. The van der Waals surface area contributed by atoms with Gasteiger partial charge in [-0.15, -0.1) is 0 Å². The third kappa shape index (κ3) is 3.68. The average molecular weight is 241 g/mol. The van der Waals surface area contributed by atoms with Crippen LogP contribution in [0.3, 0.4) is 0 Å². The Morgan fingerprint density at radius 2 is 2.18 bits per heavy atom. The molecule has 0 spiro atoms. The molecule has 17 heavy (non-hydrogen) atoms. The Morgan fingerprint density at radius 3 is 2.59 bits per heavy atom. The van der Waals surface area contributed by atoms with E-state index in [1.807, 2.05) is 11.9 Å². The Labute approximate surface area is 105 Å². The minimum Gasteiger partial charge on any atom is -0.344 e. The molecule has 0 radical (unpaired) electrons. The number of hydrogen-bond acceptors (Lipinski definition) is 3. The fourth-order valence-corrected chi connectivity index (χ4v) is 2.56. The Morgan fingerprint density at radius 1 is 1.53 bits per heavy atom. The summed E-state index contributed by atoms with van der Waals surface area (Å²) in [7, 11) is 4.04. The largest absolute Gasteiger partial charge is 0.344 e. The van der Waals surface area contributed by atoms with Crippen LogP contribution in [0.2, 0.25) is 0 Å². The molecule has 1 rings (SSSR count). The molecule has 0 aromatic rings. The lowest BCUT2D eigenvalue weighted by atomic mass is 9.94. The van der Waals surface area contributed by atoms with Crippen LogP contribution in [-0.2, 0) is 4.79 Å². The van der Waals surface area contributed by atoms with Gasteiger partial charge >= 0.3 is 0 Å². The third-order valence-corrected chi connectivity index (χ3v) is 3.91. The van der Waals surface area contributed by atoms with Crippen LogP contribution < -0.4 is 5.73 Å². The van der Waals surface area contributed by atoms with Crippen molar-refractivity contribution >= 4 is 5.91 Å². The number of likely N-dealkylation sites (N-methyl/N-ethyl adjacent to an activating group) is 2. The van der Waals surface area contributed by atoms with Crippen LogP contribution in [0, 0.1) is 11.8 Å². The first-order valence-electron chi connectivity index (χ1n) is 6.62. The standard InChI is InChI=1S/C13H27N3O/c1-10(2)12(8-14)13(17)16(4)9-11-6-5-7-15(11)3/h10-12H,5-9,14H2,1-4H3. The van der Waals surface area contributed by atoms with E-state index in [9.17, 15) is 4.79 Å². The van der Waals surface area contributed by atoms with Crippen LogP contribution in [-0.4, -0.2) is 55.5 Å². The number of carbonyl (C=O) groups is 1. The lowest BCUT2D eigenvalue weighted by molar-refractivity contribution is -0.135. The molecule has 1 amide bonds. The van der Waals surface area contributed by atoms with Crippen LogP contribution in [0.25, 0.3) is 0 Å². The third-order valence-electron chi connectivity index (χ3n) is 3.91. The van der Waals surface area contributed by atoms with Crippen LogP contribution in [0.1, 0.15) is 26.7 Å². The molecule has 0 aromatic carbocycles. The Balaban J connectivity index is 2.51. The van der Waals surface area contributed by atoms with E-state index in [1.165, 1.54) is 12.8 Å². The van der Waals surface area contributed by atoms with Gasteiger partial charge in [0.1, 0.15) is 0 Å². The molecule has 1 aliphatic rings. The zero-order chi connectivity index (χ0) is 13.0. The second-order valence-corrected chi connectivity index (χ2v) is 5.58. The first-order valence-corrected chi connectivity index (χ1v) is 6.62. The van der Waals surface area contributed by atoms with Gasteiger partial charge in [-0.3, -0.25) is 4.79 Å². The van der Waals surface area contributed by atoms with Gasteiger partial charge in [-0.05, 0) is 32.4 Å². The van der Waals surface area contributed by atoms with E-state index in [4.69, 9.17) is 5.73 Å². The Hall–Kier alpha value is -0.610. The van der Waals surface area contributed by atoms with Crippen molar-refractivity contribution in [3.63, 3.8) is 0 Å². The molecule has 1 aliphatic heterocycles. The molecule has 100 valence electrons. The summed E-state index contributed by atoms with van der Waals surface area (Å²) in [6, 6.07) is 0.523. The predicted octanol–water partition coefficient (Wildman–Crippen LogP) is 0.770. The topological polar surface area (TPSA) is 49.6 Å². The van der Waals surface area contributed by atoms with Crippen LogP contribution in [0.5, 0.6) is 0 Å². The Bertz CT molecular complexity index is 255. The normalized spacial score (nSPS) is 23.1. The summed E-state index contributed by atoms with van der Waals surface area (Å²) < 4.78 is 0. The molecule has 4 nitrogen and oxygen atoms in total. The van der Waals surface area contributed by atoms with Gasteiger partial charge in [-0.2, -0.15) is 0 Å². The minimum absolute atomic E-state index is 0.0355. The van der Waals surface area contributed by atoms with Crippen molar-refractivity contribution in [3.8, 4) is 0 Å². The monoisotopic (exact) mass is 241 g/mol. The maximum absolute atomic E-state index is 12.2. The molecule has 2 atom stereocenters. The quantitative estimate of drug-likeness (QED) is 0.773. The molecule has 2 unspecified atom stereocenters. The lowest BCUT2D eigenvalue weighted by Crippen LogP contribution is -2.44. The van der Waals surface area contributed by atoms with Gasteiger partial charge in [0.05, 0.1) is 5.92 Å². The highest BCUT2D eigenvalue weighted by atomic mass is 16.2. The molecule has 1 heterocycles. The SMILES string of the molecule is CC(C)C(CN)C(=O)N(C)CC1CCCN1C. The van der Waals surface area contributed by atoms with E-state index in [0.29, 0.717) is 18.5 Å². The number of rotatable bonds is 5. The van der Waals surface area contributed by atoms with Crippen LogP contribution >= 0.6 is 0 Å². The zero-order valence-electron chi connectivity index (χ0n) is 11.6. The second-order valence-electron chi connectivity index (χ2n) is 5.58. The summed E-state index contributed by atoms with van der Waals surface area (Å²) in [5.41, 5.74) is 5.69. The molecular formula is C13H27N3O. The van der Waals surface area contributed by atoms with Gasteiger partial charge in [0, 0.05) is 26.2 Å². The Kier molecular flexibility index (Phi) is 5.40. The van der Waals surface area contributed by atoms with Crippen LogP contribution in [0.4, 0.5) is 0 Å². The first kappa shape index (κ1) is 14.5. The van der Waals surface area contributed by atoms with Gasteiger partial charge in [-0.25, -0.2) is 0 Å². The molecule has 4 heteroatoms. The molecule has 1 fully saturated rings. The van der Waals surface area contributed by atoms with Gasteiger partial charge < -0.3 is 15.5 Å². The fourth-order valence-electron chi connectivity index (χ4n) is 2.56. The number of nitrogens with zero attached hydrogens (tertiary/aromatic N) is 2. The molecule has 0 aromatic heterocycles. The highest BCUT2D eigenvalue weighted by Crippen LogP contribution is 2.18. The van der Waals surface area contributed by atoms with Crippen molar-refractivity contribution in [2.75, 3.05) is 33.7 Å². The average Bonchev–Trinajstić information content (AvgIpc) is 2.64. The van der Waals surface area contributed by atoms with Gasteiger partial charge in [0.2, 0.25) is 5.91 Å². The van der Waals surface area contributed by atoms with E-state index in [1.54, 1.807) is 0 Å². The summed E-state index contributed by atoms with van der Waals surface area (Å²) in [5.74, 6) is 0.478. The summed E-state index contributed by atoms with van der Waals surface area (Å²) >= 11 is 0. The molecule has 1 saturated heterocycles. The van der Waals surface area contributed by atoms with E-state index < -0.39 is 0 Å². The first-order chi connectivity index (χ1) is 7.97. The van der Waals surface area contributed by atoms with E-state index in [-0.39, 0.29) is 11.8 Å². The summed E-state index contributed by atoms with van der Waals surface area (Å²) in [4.78, 5) is 16.4. The maximum Gasteiger partial charge on any atom is 0.227 e. The van der Waals surface area contributed by atoms with E-state index in [2.05, 4.69) is 25.8 Å². The van der Waals surface area contributed by atoms with Crippen molar-refractivity contribution in [2.45, 2.75) is 32.7 Å². The van der Waals surface area contributed by atoms with Crippen molar-refractivity contribution in [1.82, 2.24) is 9.80 Å². The van der Waals surface area contributed by atoms with Crippen molar-refractivity contribution in [1.29, 1.82) is 0 Å². The van der Waals surface area contributed by atoms with Gasteiger partial charge in [0.25, 0.3) is 0 Å². The highest BCUT2D eigenvalue weighted by Gasteiger charge is 2.28. The molecule has 0 saturated carbocycles. The van der Waals surface area contributed by atoms with Crippen molar-refractivity contribution in [2.24, 2.45) is 17.6 Å². The van der Waals surface area contributed by atoms with Crippen LogP contribution in [0.15, 0.2) is 0 Å². The molecular weight excluding hydrogens is 214 g/mol. The number of nitrogens with two attached hydrogens (primary N) is 1. The summed E-state index contributed by atoms with van der Waals surface area (Å²) in [5, 5.41) is 0. The lowest BCUT2D eigenvalue weighted by Gasteiger charge is -2.29. The second kappa shape index (κ2) is 6.36. The van der Waals surface area contributed by atoms with Crippen molar-refractivity contribution < 1.29 is 4.79 Å². The summed E-state index contributed by atoms with van der Waals surface area (Å²) in [6.07, 6.45) is 2.44. The highest BCUT2D eigenvalue weighted by molar-refractivity contribution is 5.79. The molecule has 0 bridgehead atoms. The van der Waals surface area contributed by atoms with Crippen molar-refractivity contribution in [3.05, 3.63) is 0 Å². The molecule has 0 aliphatic carbocycles. The maximum atomic E-state index is 12.2. The predicted molar refractivity (Wildman–Crippen MR) is 70.7 cm³/mol. The number of hydrogen-bond donors (Lipinski definition) is 1. The van der Waals surface area contributed by atoms with E-state index in [0.717, 1.165) is 13.1 Å². The molecule has 2 N–H and O–H groups in total. The number of carbonyl (C=O) groups excluding carboxylic acids is 1. The van der Waals surface area contributed by atoms with Gasteiger partial charge in [0.15, 0.2) is 0 Å². The van der Waals surface area contributed by atoms with E-state index >= 15 is 0 Å². The minimum atomic E-state index is -0.0355. The fraction of sp³-hybridized carbons (Fsp3) is 0.923. The number of likely N-dealkylation sites (tertiary alicyclic amines) is 1. The summed E-state index contributed by atoms with van der Waals surface area (Å²) in [6.45, 7) is 6.55. The smallest absolute Gasteiger partial charge is 0.227 e.